The van der Waals surface area contributed by atoms with E-state index < -0.39 is 10.0 Å². The predicted molar refractivity (Wildman–Crippen MR) is 79.7 cm³/mol. The van der Waals surface area contributed by atoms with Crippen LogP contribution in [0.5, 0.6) is 0 Å². The molecule has 2 rings (SSSR count). The van der Waals surface area contributed by atoms with Crippen LogP contribution < -0.4 is 4.72 Å². The maximum Gasteiger partial charge on any atom is 0.250 e. The summed E-state index contributed by atoms with van der Waals surface area (Å²) in [6.45, 7) is 3.64. The second-order valence-electron chi connectivity index (χ2n) is 4.12. The van der Waals surface area contributed by atoms with E-state index in [1.54, 1.807) is 31.3 Å². The van der Waals surface area contributed by atoms with E-state index in [1.807, 2.05) is 13.0 Å². The third-order valence-corrected chi connectivity index (χ3v) is 6.71. The molecule has 0 aromatic carbocycles. The van der Waals surface area contributed by atoms with Gasteiger partial charge in [-0.05, 0) is 53.5 Å². The molecule has 19 heavy (non-hydrogen) atoms. The highest BCUT2D eigenvalue weighted by molar-refractivity contribution is 9.11. The van der Waals surface area contributed by atoms with Gasteiger partial charge in [0, 0.05) is 6.20 Å². The van der Waals surface area contributed by atoms with Gasteiger partial charge in [-0.3, -0.25) is 4.98 Å². The largest absolute Gasteiger partial charge is 0.260 e. The molecule has 0 saturated carbocycles. The molecule has 2 aromatic heterocycles. The maximum absolute atomic E-state index is 12.2. The molecule has 0 amide bonds. The summed E-state index contributed by atoms with van der Waals surface area (Å²) >= 11 is 4.54. The third-order valence-electron chi connectivity index (χ3n) is 2.56. The molecule has 0 radical (unpaired) electrons. The van der Waals surface area contributed by atoms with E-state index in [-0.39, 0.29) is 6.04 Å². The first-order valence-corrected chi connectivity index (χ1v) is 8.68. The fourth-order valence-electron chi connectivity index (χ4n) is 1.55. The Labute approximate surface area is 125 Å². The quantitative estimate of drug-likeness (QED) is 0.910. The molecule has 2 aromatic rings. The normalized spacial score (nSPS) is 13.4. The predicted octanol–water partition coefficient (Wildman–Crippen LogP) is 3.25. The van der Waals surface area contributed by atoms with Gasteiger partial charge in [0.2, 0.25) is 0 Å². The summed E-state index contributed by atoms with van der Waals surface area (Å²) in [5, 5.41) is 0. The minimum atomic E-state index is -3.51. The van der Waals surface area contributed by atoms with Gasteiger partial charge in [0.25, 0.3) is 10.0 Å². The third kappa shape index (κ3) is 3.42. The minimum Gasteiger partial charge on any atom is -0.260 e. The van der Waals surface area contributed by atoms with Gasteiger partial charge < -0.3 is 0 Å². The van der Waals surface area contributed by atoms with E-state index in [1.165, 1.54) is 11.3 Å². The van der Waals surface area contributed by atoms with Crippen LogP contribution in [0.15, 0.2) is 38.5 Å². The van der Waals surface area contributed by atoms with Crippen molar-refractivity contribution in [1.82, 2.24) is 9.71 Å². The highest BCUT2D eigenvalue weighted by Gasteiger charge is 2.21. The Bertz CT molecular complexity index is 649. The van der Waals surface area contributed by atoms with E-state index in [2.05, 4.69) is 25.6 Å². The lowest BCUT2D eigenvalue weighted by molar-refractivity contribution is 0.566. The summed E-state index contributed by atoms with van der Waals surface area (Å²) in [5.41, 5.74) is 1.61. The lowest BCUT2D eigenvalue weighted by Gasteiger charge is -2.12. The number of aromatic nitrogens is 1. The summed E-state index contributed by atoms with van der Waals surface area (Å²) in [6, 6.07) is 6.71. The Balaban J connectivity index is 2.22. The number of thiophene rings is 1. The minimum absolute atomic E-state index is 0.305. The second-order valence-corrected chi connectivity index (χ2v) is 8.43. The molecule has 7 heteroatoms. The van der Waals surface area contributed by atoms with Gasteiger partial charge in [-0.15, -0.1) is 11.3 Å². The van der Waals surface area contributed by atoms with E-state index in [0.29, 0.717) is 9.90 Å². The monoisotopic (exact) mass is 360 g/mol. The molecule has 0 aliphatic carbocycles. The fraction of sp³-hybridized carbons (Fsp3) is 0.250. The standard InChI is InChI=1S/C12H13BrN2O2S2/c1-8-7-11(18-12(8)13)19(16,17)15-9(2)10-5-3-4-6-14-10/h3-7,9,15H,1-2H3. The molecule has 4 nitrogen and oxygen atoms in total. The Hall–Kier alpha value is -0.760. The van der Waals surface area contributed by atoms with Crippen molar-refractivity contribution in [1.29, 1.82) is 0 Å². The first-order chi connectivity index (χ1) is 8.90. The zero-order valence-corrected chi connectivity index (χ0v) is 13.6. The number of pyridine rings is 1. The second kappa shape index (κ2) is 5.70. The van der Waals surface area contributed by atoms with Gasteiger partial charge in [-0.1, -0.05) is 6.07 Å². The van der Waals surface area contributed by atoms with E-state index in [0.717, 1.165) is 9.35 Å². The van der Waals surface area contributed by atoms with Gasteiger partial charge in [-0.2, -0.15) is 0 Å². The Morgan fingerprint density at radius 2 is 2.16 bits per heavy atom. The van der Waals surface area contributed by atoms with Crippen LogP contribution in [-0.2, 0) is 10.0 Å². The highest BCUT2D eigenvalue weighted by Crippen LogP contribution is 2.31. The molecule has 1 atom stereocenters. The van der Waals surface area contributed by atoms with Crippen molar-refractivity contribution in [3.05, 3.63) is 45.5 Å². The Morgan fingerprint density at radius 3 is 2.68 bits per heavy atom. The van der Waals surface area contributed by atoms with Crippen LogP contribution in [0.2, 0.25) is 0 Å². The van der Waals surface area contributed by atoms with Crippen molar-refractivity contribution in [2.24, 2.45) is 0 Å². The number of rotatable bonds is 4. The molecule has 0 bridgehead atoms. The lowest BCUT2D eigenvalue weighted by Crippen LogP contribution is -2.26. The molecule has 0 fully saturated rings. The van der Waals surface area contributed by atoms with Crippen LogP contribution in [0.3, 0.4) is 0 Å². The molecule has 2 heterocycles. The number of nitrogens with one attached hydrogen (secondary N) is 1. The summed E-state index contributed by atoms with van der Waals surface area (Å²) in [7, 11) is -3.51. The molecule has 102 valence electrons. The number of halogens is 1. The molecular weight excluding hydrogens is 348 g/mol. The van der Waals surface area contributed by atoms with Crippen molar-refractivity contribution in [3.8, 4) is 0 Å². The lowest BCUT2D eigenvalue weighted by atomic mass is 10.2. The average Bonchev–Trinajstić information content (AvgIpc) is 2.71. The van der Waals surface area contributed by atoms with Crippen LogP contribution in [0.4, 0.5) is 0 Å². The van der Waals surface area contributed by atoms with Gasteiger partial charge in [0.15, 0.2) is 0 Å². The van der Waals surface area contributed by atoms with E-state index >= 15 is 0 Å². The first kappa shape index (κ1) is 14.6. The molecule has 0 aliphatic heterocycles. The van der Waals surface area contributed by atoms with Gasteiger partial charge in [-0.25, -0.2) is 13.1 Å². The number of sulfonamides is 1. The molecular formula is C12H13BrN2O2S2. The number of hydrogen-bond acceptors (Lipinski definition) is 4. The number of hydrogen-bond donors (Lipinski definition) is 1. The maximum atomic E-state index is 12.2. The molecule has 0 saturated heterocycles. The molecule has 1 unspecified atom stereocenters. The summed E-state index contributed by atoms with van der Waals surface area (Å²) in [5.74, 6) is 0. The van der Waals surface area contributed by atoms with E-state index in [9.17, 15) is 8.42 Å². The molecule has 0 aliphatic rings. The Morgan fingerprint density at radius 1 is 1.42 bits per heavy atom. The van der Waals surface area contributed by atoms with Crippen molar-refractivity contribution >= 4 is 37.3 Å². The van der Waals surface area contributed by atoms with Gasteiger partial charge in [0.1, 0.15) is 4.21 Å². The van der Waals surface area contributed by atoms with Crippen molar-refractivity contribution in [2.45, 2.75) is 24.1 Å². The zero-order chi connectivity index (χ0) is 14.0. The van der Waals surface area contributed by atoms with Crippen molar-refractivity contribution in [3.63, 3.8) is 0 Å². The first-order valence-electron chi connectivity index (χ1n) is 5.59. The van der Waals surface area contributed by atoms with Crippen LogP contribution in [0.25, 0.3) is 0 Å². The van der Waals surface area contributed by atoms with Gasteiger partial charge >= 0.3 is 0 Å². The summed E-state index contributed by atoms with van der Waals surface area (Å²) in [4.78, 5) is 4.15. The number of nitrogens with zero attached hydrogens (tertiary/aromatic N) is 1. The fourth-order valence-corrected chi connectivity index (χ4v) is 5.01. The van der Waals surface area contributed by atoms with Crippen molar-refractivity contribution < 1.29 is 8.42 Å². The van der Waals surface area contributed by atoms with Crippen LogP contribution in [0, 0.1) is 6.92 Å². The molecule has 1 N–H and O–H groups in total. The van der Waals surface area contributed by atoms with Crippen LogP contribution >= 0.6 is 27.3 Å². The smallest absolute Gasteiger partial charge is 0.250 e. The number of aryl methyl sites for hydroxylation is 1. The van der Waals surface area contributed by atoms with Crippen LogP contribution in [0.1, 0.15) is 24.2 Å². The highest BCUT2D eigenvalue weighted by atomic mass is 79.9. The average molecular weight is 361 g/mol. The topological polar surface area (TPSA) is 59.1 Å². The summed E-state index contributed by atoms with van der Waals surface area (Å²) in [6.07, 6.45) is 1.64. The SMILES string of the molecule is Cc1cc(S(=O)(=O)NC(C)c2ccccn2)sc1Br. The summed E-state index contributed by atoms with van der Waals surface area (Å²) < 4.78 is 28.2. The van der Waals surface area contributed by atoms with Crippen molar-refractivity contribution in [2.75, 3.05) is 0 Å². The van der Waals surface area contributed by atoms with E-state index in [4.69, 9.17) is 0 Å². The van der Waals surface area contributed by atoms with Crippen LogP contribution in [-0.4, -0.2) is 13.4 Å². The van der Waals surface area contributed by atoms with Gasteiger partial charge in [0.05, 0.1) is 15.5 Å². The Kier molecular flexibility index (Phi) is 4.39. The zero-order valence-electron chi connectivity index (χ0n) is 10.4. The molecule has 0 spiro atoms.